The van der Waals surface area contributed by atoms with E-state index in [0.29, 0.717) is 5.69 Å². The van der Waals surface area contributed by atoms with Crippen LogP contribution in [0.4, 0.5) is 11.4 Å². The fourth-order valence-electron chi connectivity index (χ4n) is 2.61. The lowest BCUT2D eigenvalue weighted by Gasteiger charge is -2.11. The van der Waals surface area contributed by atoms with Crippen LogP contribution in [0.5, 0.6) is 0 Å². The van der Waals surface area contributed by atoms with Crippen LogP contribution in [0.25, 0.3) is 12.2 Å². The van der Waals surface area contributed by atoms with Crippen molar-refractivity contribution in [3.63, 3.8) is 0 Å². The number of nitro groups is 1. The average molecular weight is 467 g/mol. The minimum atomic E-state index is -4.52. The molecule has 3 rings (SSSR count). The second-order valence-corrected chi connectivity index (χ2v) is 8.47. The van der Waals surface area contributed by atoms with Gasteiger partial charge in [-0.3, -0.25) is 10.1 Å². The van der Waals surface area contributed by atoms with Crippen LogP contribution in [0.3, 0.4) is 0 Å². The van der Waals surface area contributed by atoms with Crippen LogP contribution in [0.2, 0.25) is 0 Å². The number of aryl methyl sites for hydroxylation is 1. The summed E-state index contributed by atoms with van der Waals surface area (Å²) in [5.41, 5.74) is 3.74. The maximum absolute atomic E-state index is 10.4. The van der Waals surface area contributed by atoms with E-state index < -0.39 is 19.9 Å². The van der Waals surface area contributed by atoms with Gasteiger partial charge < -0.3 is 9.45 Å². The van der Waals surface area contributed by atoms with Gasteiger partial charge in [-0.05, 0) is 35.4 Å². The zero-order chi connectivity index (χ0) is 24.6. The van der Waals surface area contributed by atoms with Crippen LogP contribution in [0.1, 0.15) is 16.8 Å². The number of nitro benzene ring substituents is 1. The average Bonchev–Trinajstić information content (AvgIpc) is 2.78. The molecule has 0 N–H and O–H groups in total. The number of rotatable bonds is 5. The Bertz CT molecular complexity index is 1290. The summed E-state index contributed by atoms with van der Waals surface area (Å²) in [6, 6.07) is 18.1. The number of aromatic nitrogens is 1. The SMILES string of the molecule is CN(C)c1ccc(C=Cc2cc[n+](C)c(C#N)c2)cc1.O=[N+]([O-])c1ccc(S(=O)(=O)[O-])cc1. The summed E-state index contributed by atoms with van der Waals surface area (Å²) in [4.78, 5) is 11.1. The summed E-state index contributed by atoms with van der Waals surface area (Å²) in [6.07, 6.45) is 5.97. The number of benzene rings is 2. The second-order valence-electron chi connectivity index (χ2n) is 7.09. The predicted octanol–water partition coefficient (Wildman–Crippen LogP) is 3.12. The van der Waals surface area contributed by atoms with Crippen LogP contribution in [-0.4, -0.2) is 32.0 Å². The normalized spacial score (nSPS) is 10.8. The largest absolute Gasteiger partial charge is 0.744 e. The van der Waals surface area contributed by atoms with E-state index in [9.17, 15) is 23.1 Å². The highest BCUT2D eigenvalue weighted by atomic mass is 32.2. The smallest absolute Gasteiger partial charge is 0.283 e. The molecule has 0 unspecified atom stereocenters. The van der Waals surface area contributed by atoms with Crippen LogP contribution >= 0.6 is 0 Å². The first-order chi connectivity index (χ1) is 15.5. The molecule has 33 heavy (non-hydrogen) atoms. The topological polar surface area (TPSA) is 131 Å². The Morgan fingerprint density at radius 2 is 1.58 bits per heavy atom. The standard InChI is InChI=1S/C17H18N3.C6H5NO5S/c1-19(2)16-8-6-14(7-9-16)4-5-15-10-11-20(3)17(12-15)13-18;8-7(9)5-1-3-6(4-2-5)13(10,11)12/h4-12H,1-3H3;1-4H,(H,10,11,12)/q+1;/p-1. The van der Waals surface area contributed by atoms with Gasteiger partial charge in [0.25, 0.3) is 11.4 Å². The lowest BCUT2D eigenvalue weighted by molar-refractivity contribution is -0.674. The lowest BCUT2D eigenvalue weighted by atomic mass is 10.1. The second kappa shape index (κ2) is 11.0. The Morgan fingerprint density at radius 3 is 2.06 bits per heavy atom. The molecule has 1 heterocycles. The van der Waals surface area contributed by atoms with Gasteiger partial charge in [0.2, 0.25) is 0 Å². The molecule has 0 fully saturated rings. The molecule has 2 aromatic carbocycles. The molecular weight excluding hydrogens is 444 g/mol. The summed E-state index contributed by atoms with van der Waals surface area (Å²) in [5, 5.41) is 19.2. The van der Waals surface area contributed by atoms with Gasteiger partial charge in [0.15, 0.2) is 12.3 Å². The van der Waals surface area contributed by atoms with Crippen molar-refractivity contribution in [2.45, 2.75) is 4.90 Å². The van der Waals surface area contributed by atoms with Crippen molar-refractivity contribution in [1.82, 2.24) is 0 Å². The minimum Gasteiger partial charge on any atom is -0.744 e. The number of pyridine rings is 1. The molecule has 0 amide bonds. The van der Waals surface area contributed by atoms with Crippen molar-refractivity contribution in [2.75, 3.05) is 19.0 Å². The fourth-order valence-corrected chi connectivity index (χ4v) is 3.08. The highest BCUT2D eigenvalue weighted by molar-refractivity contribution is 7.85. The Balaban J connectivity index is 0.000000257. The van der Waals surface area contributed by atoms with E-state index in [1.165, 1.54) is 5.69 Å². The predicted molar refractivity (Wildman–Crippen MR) is 123 cm³/mol. The van der Waals surface area contributed by atoms with Crippen LogP contribution < -0.4 is 9.47 Å². The highest BCUT2D eigenvalue weighted by Gasteiger charge is 2.06. The van der Waals surface area contributed by atoms with E-state index in [2.05, 4.69) is 41.3 Å². The third-order valence-corrected chi connectivity index (χ3v) is 5.35. The van der Waals surface area contributed by atoms with Crippen molar-refractivity contribution < 1.29 is 22.5 Å². The molecule has 3 aromatic rings. The van der Waals surface area contributed by atoms with E-state index in [4.69, 9.17) is 5.26 Å². The van der Waals surface area contributed by atoms with Gasteiger partial charge in [-0.2, -0.15) is 9.83 Å². The molecule has 0 saturated carbocycles. The van der Waals surface area contributed by atoms with Crippen molar-refractivity contribution in [1.29, 1.82) is 5.26 Å². The molecule has 10 heteroatoms. The zero-order valence-corrected chi connectivity index (χ0v) is 19.1. The Morgan fingerprint density at radius 1 is 1.00 bits per heavy atom. The number of hydrogen-bond donors (Lipinski definition) is 0. The minimum absolute atomic E-state index is 0.257. The molecular formula is C23H22N4O5S. The van der Waals surface area contributed by atoms with Crippen molar-refractivity contribution >= 4 is 33.6 Å². The third-order valence-electron chi connectivity index (χ3n) is 4.50. The van der Waals surface area contributed by atoms with Gasteiger partial charge in [-0.25, -0.2) is 8.42 Å². The maximum Gasteiger partial charge on any atom is 0.283 e. The Labute approximate surface area is 192 Å². The molecule has 0 aliphatic heterocycles. The number of nitriles is 1. The van der Waals surface area contributed by atoms with Gasteiger partial charge in [0.05, 0.1) is 9.82 Å². The van der Waals surface area contributed by atoms with E-state index in [1.807, 2.05) is 50.1 Å². The maximum atomic E-state index is 10.4. The molecule has 0 atom stereocenters. The van der Waals surface area contributed by atoms with Crippen molar-refractivity contribution in [2.24, 2.45) is 7.05 Å². The van der Waals surface area contributed by atoms with E-state index >= 15 is 0 Å². The number of non-ortho nitro benzene ring substituents is 1. The molecule has 0 bridgehead atoms. The van der Waals surface area contributed by atoms with Gasteiger partial charge >= 0.3 is 0 Å². The quantitative estimate of drug-likeness (QED) is 0.244. The Hall–Kier alpha value is -4.07. The van der Waals surface area contributed by atoms with Gasteiger partial charge in [-0.15, -0.1) is 0 Å². The molecule has 0 saturated heterocycles. The first-order valence-corrected chi connectivity index (χ1v) is 11.0. The molecule has 0 aliphatic carbocycles. The number of nitrogens with zero attached hydrogens (tertiary/aromatic N) is 4. The van der Waals surface area contributed by atoms with Crippen LogP contribution in [0, 0.1) is 21.4 Å². The van der Waals surface area contributed by atoms with E-state index in [0.717, 1.165) is 35.4 Å². The molecule has 9 nitrogen and oxygen atoms in total. The third kappa shape index (κ3) is 7.53. The van der Waals surface area contributed by atoms with Gasteiger partial charge in [0.1, 0.15) is 17.2 Å². The highest BCUT2D eigenvalue weighted by Crippen LogP contribution is 2.15. The first-order valence-electron chi connectivity index (χ1n) is 9.57. The zero-order valence-electron chi connectivity index (χ0n) is 18.2. The molecule has 1 aromatic heterocycles. The van der Waals surface area contributed by atoms with E-state index in [1.54, 1.807) is 0 Å². The molecule has 170 valence electrons. The van der Waals surface area contributed by atoms with Crippen LogP contribution in [-0.2, 0) is 17.2 Å². The fraction of sp³-hybridized carbons (Fsp3) is 0.130. The lowest BCUT2D eigenvalue weighted by Crippen LogP contribution is -2.31. The summed E-state index contributed by atoms with van der Waals surface area (Å²) < 4.78 is 33.0. The molecule has 0 spiro atoms. The monoisotopic (exact) mass is 466 g/mol. The number of anilines is 1. The van der Waals surface area contributed by atoms with Crippen molar-refractivity contribution in [3.05, 3.63) is 93.8 Å². The van der Waals surface area contributed by atoms with Crippen LogP contribution in [0.15, 0.2) is 71.8 Å². The summed E-state index contributed by atoms with van der Waals surface area (Å²) in [7, 11) is 1.40. The molecule has 0 aliphatic rings. The van der Waals surface area contributed by atoms with Gasteiger partial charge in [-0.1, -0.05) is 24.3 Å². The summed E-state index contributed by atoms with van der Waals surface area (Å²) in [5.74, 6) is 0. The summed E-state index contributed by atoms with van der Waals surface area (Å²) >= 11 is 0. The first kappa shape index (κ1) is 25.2. The van der Waals surface area contributed by atoms with E-state index in [-0.39, 0.29) is 5.69 Å². The summed E-state index contributed by atoms with van der Waals surface area (Å²) in [6.45, 7) is 0. The Kier molecular flexibility index (Phi) is 8.39. The number of hydrogen-bond acceptors (Lipinski definition) is 7. The molecule has 0 radical (unpaired) electrons. The van der Waals surface area contributed by atoms with Gasteiger partial charge in [0, 0.05) is 44.0 Å². The van der Waals surface area contributed by atoms with Crippen molar-refractivity contribution in [3.8, 4) is 6.07 Å².